The van der Waals surface area contributed by atoms with Crippen LogP contribution in [0.3, 0.4) is 0 Å². The van der Waals surface area contributed by atoms with Gasteiger partial charge in [-0.2, -0.15) is 0 Å². The first kappa shape index (κ1) is 29.4. The number of nitrogens with one attached hydrogen (secondary N) is 3. The molecule has 1 saturated heterocycles. The lowest BCUT2D eigenvalue weighted by atomic mass is 9.69. The van der Waals surface area contributed by atoms with Crippen molar-refractivity contribution in [2.24, 2.45) is 17.3 Å². The number of anilines is 1. The number of amides is 5. The fourth-order valence-electron chi connectivity index (χ4n) is 8.03. The van der Waals surface area contributed by atoms with E-state index in [1.807, 2.05) is 24.3 Å². The minimum absolute atomic E-state index is 0.00320. The molecular formula is C35H32N6O5S. The van der Waals surface area contributed by atoms with Crippen molar-refractivity contribution in [1.29, 1.82) is 0 Å². The van der Waals surface area contributed by atoms with E-state index in [9.17, 15) is 24.0 Å². The van der Waals surface area contributed by atoms with Crippen LogP contribution in [-0.4, -0.2) is 57.0 Å². The quantitative estimate of drug-likeness (QED) is 0.229. The van der Waals surface area contributed by atoms with Crippen LogP contribution in [0.4, 0.5) is 5.69 Å². The van der Waals surface area contributed by atoms with Gasteiger partial charge in [-0.05, 0) is 78.8 Å². The van der Waals surface area contributed by atoms with E-state index in [2.05, 4.69) is 32.0 Å². The van der Waals surface area contributed by atoms with Crippen molar-refractivity contribution >= 4 is 56.8 Å². The van der Waals surface area contributed by atoms with Crippen LogP contribution in [0, 0.1) is 17.3 Å². The van der Waals surface area contributed by atoms with Crippen LogP contribution >= 0.6 is 11.3 Å². The van der Waals surface area contributed by atoms with Crippen LogP contribution in [-0.2, 0) is 14.4 Å². The first-order chi connectivity index (χ1) is 22.8. The molecule has 4 fully saturated rings. The van der Waals surface area contributed by atoms with Gasteiger partial charge in [0, 0.05) is 53.9 Å². The van der Waals surface area contributed by atoms with Gasteiger partial charge < -0.3 is 10.6 Å². The summed E-state index contributed by atoms with van der Waals surface area (Å²) >= 11 is 1.57. The molecular weight excluding hydrogens is 616 g/mol. The number of nitrogens with zero attached hydrogens (tertiary/aromatic N) is 3. The highest BCUT2D eigenvalue weighted by molar-refractivity contribution is 7.18. The molecule has 5 amide bonds. The molecule has 238 valence electrons. The molecule has 2 unspecified atom stereocenters. The maximum atomic E-state index is 13.5. The summed E-state index contributed by atoms with van der Waals surface area (Å²) in [5.74, 6) is -1.36. The second kappa shape index (κ2) is 11.4. The van der Waals surface area contributed by atoms with E-state index in [1.165, 1.54) is 0 Å². The number of imide groups is 2. The monoisotopic (exact) mass is 648 g/mol. The first-order valence-electron chi connectivity index (χ1n) is 15.9. The van der Waals surface area contributed by atoms with Gasteiger partial charge in [0.15, 0.2) is 0 Å². The van der Waals surface area contributed by atoms with Crippen LogP contribution < -0.4 is 16.0 Å². The molecule has 0 spiro atoms. The summed E-state index contributed by atoms with van der Waals surface area (Å²) in [5.41, 5.74) is 2.01. The third kappa shape index (κ3) is 5.16. The van der Waals surface area contributed by atoms with Gasteiger partial charge in [0.1, 0.15) is 10.9 Å². The molecule has 5 aliphatic rings. The number of carbonyl (C=O) groups is 5. The molecule has 4 aromatic rings. The SMILES string of the molecule is O=C1CCC(N2C(=O)c3cccc(NCC45CC(C4)[C@@H](CC(=O)NC(c4cccnc4)c4cc6cccnc6s4)C5)c3C2=O)C(=O)N1. The summed E-state index contributed by atoms with van der Waals surface area (Å²) in [6.07, 6.45) is 8.79. The third-order valence-corrected chi connectivity index (χ3v) is 11.4. The molecule has 9 rings (SSSR count). The molecule has 3 N–H and O–H groups in total. The predicted molar refractivity (Wildman–Crippen MR) is 173 cm³/mol. The molecule has 1 aromatic carbocycles. The highest BCUT2D eigenvalue weighted by Gasteiger charge is 2.56. The molecule has 0 radical (unpaired) electrons. The van der Waals surface area contributed by atoms with Gasteiger partial charge in [-0.3, -0.25) is 39.2 Å². The Hall–Kier alpha value is -4.97. The van der Waals surface area contributed by atoms with Crippen molar-refractivity contribution in [1.82, 2.24) is 25.5 Å². The maximum Gasteiger partial charge on any atom is 0.264 e. The van der Waals surface area contributed by atoms with E-state index in [0.717, 1.165) is 44.8 Å². The molecule has 3 aromatic heterocycles. The second-order valence-electron chi connectivity index (χ2n) is 13.2. The highest BCUT2D eigenvalue weighted by atomic mass is 32.1. The number of benzene rings is 1. The first-order valence-corrected chi connectivity index (χ1v) is 16.7. The van der Waals surface area contributed by atoms with Crippen molar-refractivity contribution in [2.75, 3.05) is 11.9 Å². The Labute approximate surface area is 274 Å². The largest absolute Gasteiger partial charge is 0.384 e. The van der Waals surface area contributed by atoms with Crippen molar-refractivity contribution in [2.45, 2.75) is 50.6 Å². The summed E-state index contributed by atoms with van der Waals surface area (Å²) in [6.45, 7) is 0.616. The highest BCUT2D eigenvalue weighted by Crippen LogP contribution is 2.62. The van der Waals surface area contributed by atoms with E-state index >= 15 is 0 Å². The zero-order valence-electron chi connectivity index (χ0n) is 25.4. The normalized spacial score (nSPS) is 25.4. The van der Waals surface area contributed by atoms with E-state index in [4.69, 9.17) is 0 Å². The summed E-state index contributed by atoms with van der Waals surface area (Å²) in [4.78, 5) is 76.1. The summed E-state index contributed by atoms with van der Waals surface area (Å²) in [5, 5.41) is 10.0. The molecule has 3 aliphatic carbocycles. The van der Waals surface area contributed by atoms with Crippen molar-refractivity contribution in [3.05, 3.63) is 88.7 Å². The predicted octanol–water partition coefficient (Wildman–Crippen LogP) is 4.22. The Bertz CT molecular complexity index is 1920. The Kier molecular flexibility index (Phi) is 7.12. The number of fused-ring (bicyclic) bond motifs is 3. The molecule has 11 nitrogen and oxygen atoms in total. The van der Waals surface area contributed by atoms with Gasteiger partial charge in [-0.1, -0.05) is 18.2 Å². The number of pyridine rings is 2. The van der Waals surface area contributed by atoms with Crippen LogP contribution in [0.2, 0.25) is 0 Å². The van der Waals surface area contributed by atoms with Gasteiger partial charge >= 0.3 is 0 Å². The van der Waals surface area contributed by atoms with Crippen molar-refractivity contribution in [3.63, 3.8) is 0 Å². The number of rotatable bonds is 9. The fourth-order valence-corrected chi connectivity index (χ4v) is 9.11. The number of aromatic nitrogens is 2. The average molecular weight is 649 g/mol. The molecule has 47 heavy (non-hydrogen) atoms. The van der Waals surface area contributed by atoms with Gasteiger partial charge in [-0.15, -0.1) is 11.3 Å². The van der Waals surface area contributed by atoms with E-state index in [0.29, 0.717) is 24.6 Å². The van der Waals surface area contributed by atoms with Gasteiger partial charge in [-0.25, -0.2) is 4.98 Å². The lowest BCUT2D eigenvalue weighted by Gasteiger charge is -2.39. The summed E-state index contributed by atoms with van der Waals surface area (Å²) in [6, 6.07) is 13.7. The molecule has 5 heterocycles. The number of carbonyl (C=O) groups excluding carboxylic acids is 5. The summed E-state index contributed by atoms with van der Waals surface area (Å²) < 4.78 is 0. The van der Waals surface area contributed by atoms with Gasteiger partial charge in [0.2, 0.25) is 17.7 Å². The van der Waals surface area contributed by atoms with Crippen molar-refractivity contribution in [3.8, 4) is 0 Å². The van der Waals surface area contributed by atoms with Crippen LogP contribution in [0.25, 0.3) is 10.2 Å². The van der Waals surface area contributed by atoms with E-state index < -0.39 is 29.7 Å². The Balaban J connectivity index is 0.928. The van der Waals surface area contributed by atoms with Crippen molar-refractivity contribution < 1.29 is 24.0 Å². The molecule has 2 bridgehead atoms. The summed E-state index contributed by atoms with van der Waals surface area (Å²) in [7, 11) is 0. The smallest absolute Gasteiger partial charge is 0.264 e. The average Bonchev–Trinajstić information content (AvgIpc) is 3.79. The molecule has 3 saturated carbocycles. The van der Waals surface area contributed by atoms with Gasteiger partial charge in [0.25, 0.3) is 11.8 Å². The minimum Gasteiger partial charge on any atom is -0.384 e. The third-order valence-electron chi connectivity index (χ3n) is 10.2. The molecule has 3 atom stereocenters. The number of hydrogen-bond acceptors (Lipinski definition) is 9. The molecule has 12 heteroatoms. The van der Waals surface area contributed by atoms with E-state index in [1.54, 1.807) is 48.1 Å². The topological polar surface area (TPSA) is 150 Å². The van der Waals surface area contributed by atoms with E-state index in [-0.39, 0.29) is 47.3 Å². The standard InChI is InChI=1S/C35H32N6O5S/c42-27-9-8-25(31(44)40-27)41-33(45)23-6-1-7-24(29(23)34(41)46)38-18-35-14-21(22(15-35)16-35)13-28(43)39-30(20-5-2-10-36-17-20)26-12-19-4-3-11-37-32(19)47-26/h1-7,10-12,17,21-22,25,30,38H,8-9,13-16,18H2,(H,39,43)(H,40,42,44)/t21-,22?,25?,30?,35?/m0/s1. The zero-order valence-corrected chi connectivity index (χ0v) is 26.2. The second-order valence-corrected chi connectivity index (χ2v) is 14.3. The fraction of sp³-hybridized carbons (Fsp3) is 0.343. The molecule has 2 aliphatic heterocycles. The van der Waals surface area contributed by atoms with Crippen LogP contribution in [0.1, 0.15) is 75.7 Å². The Morgan fingerprint density at radius 3 is 2.68 bits per heavy atom. The minimum atomic E-state index is -1.01. The maximum absolute atomic E-state index is 13.5. The zero-order chi connectivity index (χ0) is 32.3. The van der Waals surface area contributed by atoms with Crippen LogP contribution in [0.15, 0.2) is 67.1 Å². The number of hydrogen-bond donors (Lipinski definition) is 3. The Morgan fingerprint density at radius 2 is 1.89 bits per heavy atom. The lowest BCUT2D eigenvalue weighted by Crippen LogP contribution is -2.54. The van der Waals surface area contributed by atoms with Crippen LogP contribution in [0.5, 0.6) is 0 Å². The number of thiophene rings is 1. The Morgan fingerprint density at radius 1 is 1.04 bits per heavy atom. The van der Waals surface area contributed by atoms with Gasteiger partial charge in [0.05, 0.1) is 17.2 Å². The lowest BCUT2D eigenvalue weighted by molar-refractivity contribution is -0.136. The number of piperidine rings is 1.